The predicted molar refractivity (Wildman–Crippen MR) is 81.2 cm³/mol. The minimum absolute atomic E-state index is 0.0698. The lowest BCUT2D eigenvalue weighted by atomic mass is 10.2. The van der Waals surface area contributed by atoms with Gasteiger partial charge in [0, 0.05) is 13.0 Å². The van der Waals surface area contributed by atoms with Gasteiger partial charge in [0.25, 0.3) is 5.92 Å². The molecule has 1 aliphatic rings. The van der Waals surface area contributed by atoms with Crippen molar-refractivity contribution in [1.82, 2.24) is 9.97 Å². The topological polar surface area (TPSA) is 55.3 Å². The van der Waals surface area contributed by atoms with Gasteiger partial charge in [-0.2, -0.15) is 0 Å². The Morgan fingerprint density at radius 2 is 2.14 bits per heavy atom. The van der Waals surface area contributed by atoms with Crippen molar-refractivity contribution in [2.24, 2.45) is 0 Å². The van der Waals surface area contributed by atoms with Crippen molar-refractivity contribution >= 4 is 35.1 Å². The zero-order valence-corrected chi connectivity index (χ0v) is 13.8. The number of hydrogen-bond acceptors (Lipinski definition) is 6. The molecule has 0 amide bonds. The molecule has 1 saturated heterocycles. The second kappa shape index (κ2) is 6.95. The number of ether oxygens (including phenoxy) is 1. The third-order valence-corrected chi connectivity index (χ3v) is 4.16. The van der Waals surface area contributed by atoms with Gasteiger partial charge in [0.15, 0.2) is 5.16 Å². The van der Waals surface area contributed by atoms with E-state index in [0.29, 0.717) is 24.5 Å². The maximum atomic E-state index is 13.9. The molecule has 1 fully saturated rings. The van der Waals surface area contributed by atoms with Gasteiger partial charge in [0.1, 0.15) is 16.5 Å². The number of rotatable bonds is 3. The number of hydrogen-bond donors (Lipinski definition) is 0. The van der Waals surface area contributed by atoms with Crippen LogP contribution in [0, 0.1) is 0 Å². The van der Waals surface area contributed by atoms with E-state index in [1.54, 1.807) is 6.26 Å². The standard InChI is InChI=1S/C13H16ClF2N3O2S/c1-21-11(20)8-9(14)17-12(22-2)18-10(8)19-6-4-3-5-13(15,16)7-19/h3-7H2,1-2H3. The Morgan fingerprint density at radius 3 is 2.77 bits per heavy atom. The summed E-state index contributed by atoms with van der Waals surface area (Å²) in [5.41, 5.74) is -0.0698. The van der Waals surface area contributed by atoms with Gasteiger partial charge < -0.3 is 9.64 Å². The van der Waals surface area contributed by atoms with Gasteiger partial charge in [0.05, 0.1) is 13.7 Å². The molecule has 1 aromatic rings. The van der Waals surface area contributed by atoms with Gasteiger partial charge in [-0.1, -0.05) is 23.4 Å². The number of anilines is 1. The molecule has 0 unspecified atom stereocenters. The van der Waals surface area contributed by atoms with E-state index in [2.05, 4.69) is 14.7 Å². The third-order valence-electron chi connectivity index (χ3n) is 3.34. The molecule has 5 nitrogen and oxygen atoms in total. The van der Waals surface area contributed by atoms with Crippen LogP contribution in [0.15, 0.2) is 5.16 Å². The molecule has 22 heavy (non-hydrogen) atoms. The van der Waals surface area contributed by atoms with E-state index >= 15 is 0 Å². The van der Waals surface area contributed by atoms with Crippen molar-refractivity contribution in [3.05, 3.63) is 10.7 Å². The number of carbonyl (C=O) groups excluding carboxylic acids is 1. The number of thioether (sulfide) groups is 1. The number of esters is 1. The Balaban J connectivity index is 2.51. The van der Waals surface area contributed by atoms with Crippen LogP contribution in [-0.4, -0.2) is 48.3 Å². The minimum atomic E-state index is -2.83. The Bertz CT molecular complexity index is 574. The zero-order chi connectivity index (χ0) is 16.3. The second-order valence-corrected chi connectivity index (χ2v) is 6.06. The molecule has 0 bridgehead atoms. The first-order valence-corrected chi connectivity index (χ1v) is 8.31. The summed E-state index contributed by atoms with van der Waals surface area (Å²) in [4.78, 5) is 21.5. The number of alkyl halides is 2. The number of carbonyl (C=O) groups is 1. The fourth-order valence-corrected chi connectivity index (χ4v) is 2.96. The number of halogens is 3. The lowest BCUT2D eigenvalue weighted by Gasteiger charge is -2.26. The van der Waals surface area contributed by atoms with Crippen LogP contribution in [0.4, 0.5) is 14.6 Å². The summed E-state index contributed by atoms with van der Waals surface area (Å²) in [6.07, 6.45) is 2.58. The molecule has 0 atom stereocenters. The van der Waals surface area contributed by atoms with Crippen molar-refractivity contribution < 1.29 is 18.3 Å². The maximum absolute atomic E-state index is 13.9. The zero-order valence-electron chi connectivity index (χ0n) is 12.2. The molecule has 9 heteroatoms. The minimum Gasteiger partial charge on any atom is -0.465 e. The van der Waals surface area contributed by atoms with Crippen LogP contribution < -0.4 is 4.90 Å². The number of nitrogens with zero attached hydrogens (tertiary/aromatic N) is 3. The van der Waals surface area contributed by atoms with E-state index in [0.717, 1.165) is 0 Å². The molecular weight excluding hydrogens is 336 g/mol. The summed E-state index contributed by atoms with van der Waals surface area (Å²) in [5, 5.41) is 0.231. The first-order valence-electron chi connectivity index (χ1n) is 6.70. The largest absolute Gasteiger partial charge is 0.465 e. The Hall–Kier alpha value is -1.15. The van der Waals surface area contributed by atoms with Gasteiger partial charge in [-0.3, -0.25) is 0 Å². The molecular formula is C13H16ClF2N3O2S. The van der Waals surface area contributed by atoms with Gasteiger partial charge in [-0.05, 0) is 19.1 Å². The summed E-state index contributed by atoms with van der Waals surface area (Å²) in [5.74, 6) is -3.46. The van der Waals surface area contributed by atoms with E-state index in [1.165, 1.54) is 23.8 Å². The smallest absolute Gasteiger partial charge is 0.344 e. The first kappa shape index (κ1) is 17.2. The quantitative estimate of drug-likeness (QED) is 0.360. The average Bonchev–Trinajstić information content (AvgIpc) is 2.66. The van der Waals surface area contributed by atoms with Gasteiger partial charge in [0.2, 0.25) is 0 Å². The Morgan fingerprint density at radius 1 is 1.41 bits per heavy atom. The van der Waals surface area contributed by atoms with Gasteiger partial charge >= 0.3 is 5.97 Å². The van der Waals surface area contributed by atoms with Crippen molar-refractivity contribution in [1.29, 1.82) is 0 Å². The molecule has 0 saturated carbocycles. The van der Waals surface area contributed by atoms with Crippen LogP contribution in [-0.2, 0) is 4.74 Å². The highest BCUT2D eigenvalue weighted by Crippen LogP contribution is 2.33. The molecule has 2 heterocycles. The van der Waals surface area contributed by atoms with E-state index in [-0.39, 0.29) is 23.0 Å². The fourth-order valence-electron chi connectivity index (χ4n) is 2.31. The number of methoxy groups -OCH3 is 1. The lowest BCUT2D eigenvalue weighted by Crippen LogP contribution is -2.37. The molecule has 0 N–H and O–H groups in total. The molecule has 2 rings (SSSR count). The average molecular weight is 352 g/mol. The predicted octanol–water partition coefficient (Wildman–Crippen LogP) is 3.26. The van der Waals surface area contributed by atoms with Gasteiger partial charge in [-0.15, -0.1) is 0 Å². The van der Waals surface area contributed by atoms with Crippen molar-refractivity contribution in [3.63, 3.8) is 0 Å². The molecule has 0 spiro atoms. The molecule has 1 aliphatic heterocycles. The van der Waals surface area contributed by atoms with Crippen molar-refractivity contribution in [2.45, 2.75) is 30.3 Å². The Labute approximate surface area is 136 Å². The second-order valence-electron chi connectivity index (χ2n) is 4.93. The SMILES string of the molecule is COC(=O)c1c(Cl)nc(SC)nc1N1CCCCC(F)(F)C1. The maximum Gasteiger partial charge on any atom is 0.344 e. The molecule has 0 aliphatic carbocycles. The lowest BCUT2D eigenvalue weighted by molar-refractivity contribution is 0.00324. The van der Waals surface area contributed by atoms with Crippen molar-refractivity contribution in [3.8, 4) is 0 Å². The molecule has 1 aromatic heterocycles. The molecule has 0 aromatic carbocycles. The van der Waals surface area contributed by atoms with Crippen LogP contribution in [0.1, 0.15) is 29.6 Å². The van der Waals surface area contributed by atoms with Crippen LogP contribution in [0.2, 0.25) is 5.15 Å². The van der Waals surface area contributed by atoms with Crippen LogP contribution in [0.3, 0.4) is 0 Å². The first-order chi connectivity index (χ1) is 10.4. The summed E-state index contributed by atoms with van der Waals surface area (Å²) in [6.45, 7) is -0.126. The highest BCUT2D eigenvalue weighted by Gasteiger charge is 2.36. The van der Waals surface area contributed by atoms with Crippen LogP contribution >= 0.6 is 23.4 Å². The van der Waals surface area contributed by atoms with E-state index in [9.17, 15) is 13.6 Å². The highest BCUT2D eigenvalue weighted by molar-refractivity contribution is 7.98. The monoisotopic (exact) mass is 351 g/mol. The normalized spacial score (nSPS) is 18.0. The van der Waals surface area contributed by atoms with Crippen LogP contribution in [0.5, 0.6) is 0 Å². The van der Waals surface area contributed by atoms with E-state index in [4.69, 9.17) is 11.6 Å². The summed E-state index contributed by atoms with van der Waals surface area (Å²) < 4.78 is 32.4. The molecule has 0 radical (unpaired) electrons. The highest BCUT2D eigenvalue weighted by atomic mass is 35.5. The fraction of sp³-hybridized carbons (Fsp3) is 0.615. The van der Waals surface area contributed by atoms with Gasteiger partial charge in [-0.25, -0.2) is 23.5 Å². The van der Waals surface area contributed by atoms with E-state index < -0.39 is 18.4 Å². The van der Waals surface area contributed by atoms with Crippen LogP contribution in [0.25, 0.3) is 0 Å². The Kier molecular flexibility index (Phi) is 5.44. The van der Waals surface area contributed by atoms with Crippen molar-refractivity contribution in [2.75, 3.05) is 31.4 Å². The summed E-state index contributed by atoms with van der Waals surface area (Å²) >= 11 is 7.26. The summed E-state index contributed by atoms with van der Waals surface area (Å²) in [7, 11) is 1.20. The third kappa shape index (κ3) is 3.78. The number of aromatic nitrogens is 2. The van der Waals surface area contributed by atoms with E-state index in [1.807, 2.05) is 0 Å². The summed E-state index contributed by atoms with van der Waals surface area (Å²) in [6, 6.07) is 0. The molecule has 122 valence electrons.